The lowest BCUT2D eigenvalue weighted by Crippen LogP contribution is -2.46. The Kier molecular flexibility index (Phi) is 9.30. The van der Waals surface area contributed by atoms with E-state index in [9.17, 15) is 9.59 Å². The Labute approximate surface area is 210 Å². The van der Waals surface area contributed by atoms with Gasteiger partial charge < -0.3 is 14.4 Å². The van der Waals surface area contributed by atoms with Gasteiger partial charge in [-0.2, -0.15) is 0 Å². The van der Waals surface area contributed by atoms with Crippen molar-refractivity contribution in [3.8, 4) is 0 Å². The molecule has 0 fully saturated rings. The summed E-state index contributed by atoms with van der Waals surface area (Å²) in [5.74, 6) is -0.107. The molecule has 0 aliphatic heterocycles. The highest BCUT2D eigenvalue weighted by Gasteiger charge is 2.25. The summed E-state index contributed by atoms with van der Waals surface area (Å²) in [6, 6.07) is 20.1. The van der Waals surface area contributed by atoms with Crippen LogP contribution >= 0.6 is 0 Å². The molecule has 0 saturated heterocycles. The van der Waals surface area contributed by atoms with E-state index in [1.165, 1.54) is 11.1 Å². The van der Waals surface area contributed by atoms with Gasteiger partial charge in [0, 0.05) is 36.6 Å². The average molecular weight is 474 g/mol. The molecule has 0 aliphatic carbocycles. The number of hydrogen-bond acceptors (Lipinski definition) is 2. The minimum Gasteiger partial charge on any atom is -0.345 e. The highest BCUT2D eigenvalue weighted by atomic mass is 16.2. The lowest BCUT2D eigenvalue weighted by Gasteiger charge is -2.32. The Balaban J connectivity index is 1.78. The average Bonchev–Trinajstić information content (AvgIpc) is 3.29. The van der Waals surface area contributed by atoms with E-state index < -0.39 is 0 Å². The van der Waals surface area contributed by atoms with Crippen LogP contribution in [0.3, 0.4) is 0 Å². The van der Waals surface area contributed by atoms with Crippen LogP contribution in [0.25, 0.3) is 0 Å². The highest BCUT2D eigenvalue weighted by molar-refractivity contribution is 5.96. The number of aromatic nitrogens is 1. The zero-order chi connectivity index (χ0) is 25.4. The predicted octanol–water partition coefficient (Wildman–Crippen LogP) is 5.83. The van der Waals surface area contributed by atoms with Gasteiger partial charge in [0.15, 0.2) is 0 Å². The number of benzene rings is 2. The minimum atomic E-state index is -0.0905. The van der Waals surface area contributed by atoms with Crippen molar-refractivity contribution >= 4 is 11.8 Å². The van der Waals surface area contributed by atoms with E-state index in [2.05, 4.69) is 61.9 Å². The summed E-state index contributed by atoms with van der Waals surface area (Å²) in [5, 5.41) is 0. The summed E-state index contributed by atoms with van der Waals surface area (Å²) in [6.45, 7) is 12.3. The third kappa shape index (κ3) is 6.84. The van der Waals surface area contributed by atoms with E-state index in [0.29, 0.717) is 18.7 Å². The monoisotopic (exact) mass is 473 g/mol. The van der Waals surface area contributed by atoms with Gasteiger partial charge in [-0.05, 0) is 69.0 Å². The van der Waals surface area contributed by atoms with Crippen molar-refractivity contribution in [1.82, 2.24) is 14.4 Å². The van der Waals surface area contributed by atoms with Crippen LogP contribution in [-0.4, -0.2) is 45.3 Å². The molecule has 35 heavy (non-hydrogen) atoms. The fourth-order valence-corrected chi connectivity index (χ4v) is 4.26. The molecule has 0 saturated carbocycles. The maximum absolute atomic E-state index is 13.6. The first-order chi connectivity index (χ1) is 16.8. The number of carbonyl (C=O) groups is 2. The van der Waals surface area contributed by atoms with Crippen LogP contribution < -0.4 is 0 Å². The van der Waals surface area contributed by atoms with Crippen molar-refractivity contribution < 1.29 is 9.59 Å². The Morgan fingerprint density at radius 1 is 0.943 bits per heavy atom. The first kappa shape index (κ1) is 26.3. The van der Waals surface area contributed by atoms with Gasteiger partial charge in [0.2, 0.25) is 5.91 Å². The molecule has 1 aromatic heterocycles. The number of amides is 2. The third-order valence-corrected chi connectivity index (χ3v) is 6.71. The Morgan fingerprint density at radius 2 is 1.66 bits per heavy atom. The molecule has 3 aromatic rings. The van der Waals surface area contributed by atoms with E-state index in [1.54, 1.807) is 4.90 Å². The molecule has 2 amide bonds. The maximum atomic E-state index is 13.6. The fraction of sp³-hybridized carbons (Fsp3) is 0.400. The fourth-order valence-electron chi connectivity index (χ4n) is 4.26. The van der Waals surface area contributed by atoms with Crippen LogP contribution in [0.15, 0.2) is 66.9 Å². The molecular formula is C30H39N3O2. The lowest BCUT2D eigenvalue weighted by molar-refractivity contribution is -0.134. The van der Waals surface area contributed by atoms with Crippen LogP contribution in [0, 0.1) is 13.8 Å². The topological polar surface area (TPSA) is 45.6 Å². The molecular weight excluding hydrogens is 434 g/mol. The molecule has 0 N–H and O–H groups in total. The standard InChI is InChI=1S/C30H39N3O2/c1-6-18-32(30(35)26-16-14-23(3)15-17-26)22-29(34)33(25(5)7-2)21-28-13-10-19-31(28)20-27-12-9-8-11-24(27)4/h8-17,19,25H,6-7,18,20-22H2,1-5H3. The predicted molar refractivity (Wildman–Crippen MR) is 142 cm³/mol. The quantitative estimate of drug-likeness (QED) is 0.352. The van der Waals surface area contributed by atoms with Crippen molar-refractivity contribution in [2.75, 3.05) is 13.1 Å². The Hall–Kier alpha value is -3.34. The number of rotatable bonds is 11. The van der Waals surface area contributed by atoms with Crippen LogP contribution in [0.5, 0.6) is 0 Å². The van der Waals surface area contributed by atoms with Gasteiger partial charge in [0.05, 0.1) is 6.54 Å². The van der Waals surface area contributed by atoms with Gasteiger partial charge in [-0.25, -0.2) is 0 Å². The van der Waals surface area contributed by atoms with Gasteiger partial charge in [0.25, 0.3) is 5.91 Å². The smallest absolute Gasteiger partial charge is 0.254 e. The number of carbonyl (C=O) groups excluding carboxylic acids is 2. The maximum Gasteiger partial charge on any atom is 0.254 e. The molecule has 186 valence electrons. The zero-order valence-corrected chi connectivity index (χ0v) is 21.8. The summed E-state index contributed by atoms with van der Waals surface area (Å²) in [6.07, 6.45) is 3.72. The van der Waals surface area contributed by atoms with E-state index >= 15 is 0 Å². The normalized spacial score (nSPS) is 11.8. The van der Waals surface area contributed by atoms with Crippen LogP contribution in [-0.2, 0) is 17.9 Å². The third-order valence-electron chi connectivity index (χ3n) is 6.71. The van der Waals surface area contributed by atoms with Crippen molar-refractivity contribution in [2.24, 2.45) is 0 Å². The summed E-state index contributed by atoms with van der Waals surface area (Å²) in [7, 11) is 0. The SMILES string of the molecule is CCCN(CC(=O)N(Cc1cccn1Cc1ccccc1C)C(C)CC)C(=O)c1ccc(C)cc1. The second-order valence-corrected chi connectivity index (χ2v) is 9.43. The molecule has 0 bridgehead atoms. The van der Waals surface area contributed by atoms with Crippen molar-refractivity contribution in [3.05, 3.63) is 94.8 Å². The van der Waals surface area contributed by atoms with Crippen LogP contribution in [0.2, 0.25) is 0 Å². The molecule has 0 spiro atoms. The van der Waals surface area contributed by atoms with Crippen LogP contribution in [0.4, 0.5) is 0 Å². The number of aryl methyl sites for hydroxylation is 2. The lowest BCUT2D eigenvalue weighted by atomic mass is 10.1. The van der Waals surface area contributed by atoms with Gasteiger partial charge in [-0.15, -0.1) is 0 Å². The summed E-state index contributed by atoms with van der Waals surface area (Å²) < 4.78 is 2.21. The van der Waals surface area contributed by atoms with Crippen molar-refractivity contribution in [3.63, 3.8) is 0 Å². The van der Waals surface area contributed by atoms with E-state index in [4.69, 9.17) is 0 Å². The van der Waals surface area contributed by atoms with Crippen molar-refractivity contribution in [2.45, 2.75) is 66.6 Å². The van der Waals surface area contributed by atoms with Gasteiger partial charge in [-0.3, -0.25) is 9.59 Å². The molecule has 2 aromatic carbocycles. The van der Waals surface area contributed by atoms with Crippen LogP contribution in [0.1, 0.15) is 66.4 Å². The minimum absolute atomic E-state index is 0.0168. The second kappa shape index (κ2) is 12.4. The first-order valence-corrected chi connectivity index (χ1v) is 12.7. The zero-order valence-electron chi connectivity index (χ0n) is 21.8. The molecule has 0 radical (unpaired) electrons. The summed E-state index contributed by atoms with van der Waals surface area (Å²) in [5.41, 5.74) is 5.35. The molecule has 1 heterocycles. The molecule has 5 nitrogen and oxygen atoms in total. The van der Waals surface area contributed by atoms with E-state index in [1.807, 2.05) is 49.1 Å². The first-order valence-electron chi connectivity index (χ1n) is 12.7. The van der Waals surface area contributed by atoms with Gasteiger partial charge >= 0.3 is 0 Å². The Morgan fingerprint density at radius 3 is 2.31 bits per heavy atom. The molecule has 5 heteroatoms. The summed E-state index contributed by atoms with van der Waals surface area (Å²) in [4.78, 5) is 30.4. The van der Waals surface area contributed by atoms with Gasteiger partial charge in [-0.1, -0.05) is 55.8 Å². The Bertz CT molecular complexity index is 1120. The number of hydrogen-bond donors (Lipinski definition) is 0. The summed E-state index contributed by atoms with van der Waals surface area (Å²) >= 11 is 0. The van der Waals surface area contributed by atoms with E-state index in [-0.39, 0.29) is 24.4 Å². The highest BCUT2D eigenvalue weighted by Crippen LogP contribution is 2.17. The molecule has 0 aliphatic rings. The van der Waals surface area contributed by atoms with Gasteiger partial charge in [0.1, 0.15) is 6.54 Å². The number of nitrogens with zero attached hydrogens (tertiary/aromatic N) is 3. The molecule has 1 unspecified atom stereocenters. The second-order valence-electron chi connectivity index (χ2n) is 9.43. The molecule has 3 rings (SSSR count). The molecule has 1 atom stereocenters. The largest absolute Gasteiger partial charge is 0.345 e. The van der Waals surface area contributed by atoms with E-state index in [0.717, 1.165) is 30.6 Å². The van der Waals surface area contributed by atoms with Crippen molar-refractivity contribution in [1.29, 1.82) is 0 Å².